The van der Waals surface area contributed by atoms with Crippen molar-refractivity contribution in [2.75, 3.05) is 7.05 Å². The van der Waals surface area contributed by atoms with Gasteiger partial charge < -0.3 is 4.90 Å². The Bertz CT molecular complexity index is 1330. The second kappa shape index (κ2) is 8.64. The zero-order valence-electron chi connectivity index (χ0n) is 18.0. The number of nitrogens with zero attached hydrogens (tertiary/aromatic N) is 6. The molecule has 0 saturated heterocycles. The largest absolute Gasteiger partial charge is 0.417 e. The lowest BCUT2D eigenvalue weighted by atomic mass is 10.0. The van der Waals surface area contributed by atoms with E-state index in [0.29, 0.717) is 17.8 Å². The number of rotatable bonds is 6. The fourth-order valence-electron chi connectivity index (χ4n) is 3.80. The van der Waals surface area contributed by atoms with Gasteiger partial charge in [0.25, 0.3) is 11.9 Å². The number of thiazole rings is 1. The minimum absolute atomic E-state index is 0.0433. The molecule has 1 saturated carbocycles. The van der Waals surface area contributed by atoms with Crippen molar-refractivity contribution in [3.63, 3.8) is 0 Å². The maximum Gasteiger partial charge on any atom is 0.417 e. The van der Waals surface area contributed by atoms with Crippen LogP contribution >= 0.6 is 11.3 Å². The number of aromatic nitrogens is 5. The predicted octanol–water partition coefficient (Wildman–Crippen LogP) is 4.95. The van der Waals surface area contributed by atoms with Crippen molar-refractivity contribution in [3.8, 4) is 17.2 Å². The summed E-state index contributed by atoms with van der Waals surface area (Å²) in [5.41, 5.74) is 0.424. The fourth-order valence-corrected chi connectivity index (χ4v) is 4.47. The molecule has 3 heterocycles. The van der Waals surface area contributed by atoms with Gasteiger partial charge in [-0.2, -0.15) is 18.3 Å². The third kappa shape index (κ3) is 4.30. The van der Waals surface area contributed by atoms with Crippen molar-refractivity contribution in [2.45, 2.75) is 31.5 Å². The molecule has 4 aromatic rings. The standard InChI is InChI=1S/C23H19F3N6OS/c1-31(13-19-27-10-11-34-19)21(33)16-12-29-32(20(16)14-6-7-14)22-28-9-8-18(30-22)15-4-2-3-5-17(15)23(24,25)26/h2-5,8-12,14H,6-7,13H2,1H3. The summed E-state index contributed by atoms with van der Waals surface area (Å²) >= 11 is 1.47. The molecule has 34 heavy (non-hydrogen) atoms. The second-order valence-electron chi connectivity index (χ2n) is 8.00. The lowest BCUT2D eigenvalue weighted by Gasteiger charge is -2.16. The molecule has 1 amide bonds. The van der Waals surface area contributed by atoms with Crippen molar-refractivity contribution in [1.82, 2.24) is 29.6 Å². The molecule has 1 fully saturated rings. The Morgan fingerprint density at radius 1 is 1.18 bits per heavy atom. The van der Waals surface area contributed by atoms with Gasteiger partial charge in [-0.05, 0) is 25.0 Å². The van der Waals surface area contributed by atoms with Crippen molar-refractivity contribution in [3.05, 3.63) is 76.1 Å². The van der Waals surface area contributed by atoms with Crippen LogP contribution in [0.5, 0.6) is 0 Å². The van der Waals surface area contributed by atoms with E-state index < -0.39 is 11.7 Å². The molecule has 174 valence electrons. The number of carbonyl (C=O) groups excluding carboxylic acids is 1. The first-order valence-electron chi connectivity index (χ1n) is 10.5. The number of amides is 1. The molecule has 0 radical (unpaired) electrons. The molecule has 1 aliphatic carbocycles. The highest BCUT2D eigenvalue weighted by Gasteiger charge is 2.36. The predicted molar refractivity (Wildman–Crippen MR) is 119 cm³/mol. The summed E-state index contributed by atoms with van der Waals surface area (Å²) in [4.78, 5) is 27.6. The van der Waals surface area contributed by atoms with E-state index >= 15 is 0 Å². The zero-order valence-corrected chi connectivity index (χ0v) is 18.8. The smallest absolute Gasteiger partial charge is 0.335 e. The van der Waals surface area contributed by atoms with E-state index in [9.17, 15) is 18.0 Å². The number of alkyl halides is 3. The van der Waals surface area contributed by atoms with E-state index in [0.717, 1.165) is 23.9 Å². The van der Waals surface area contributed by atoms with Gasteiger partial charge in [-0.25, -0.2) is 19.6 Å². The maximum atomic E-state index is 13.5. The van der Waals surface area contributed by atoms with Gasteiger partial charge in [0, 0.05) is 36.3 Å². The van der Waals surface area contributed by atoms with Gasteiger partial charge >= 0.3 is 6.18 Å². The van der Waals surface area contributed by atoms with Crippen molar-refractivity contribution < 1.29 is 18.0 Å². The molecule has 0 bridgehead atoms. The zero-order chi connectivity index (χ0) is 23.9. The number of benzene rings is 1. The summed E-state index contributed by atoms with van der Waals surface area (Å²) in [5.74, 6) is 0.0318. The second-order valence-corrected chi connectivity index (χ2v) is 8.98. The molecule has 5 rings (SSSR count). The highest BCUT2D eigenvalue weighted by atomic mass is 32.1. The summed E-state index contributed by atoms with van der Waals surface area (Å²) in [5, 5.41) is 7.03. The molecule has 0 N–H and O–H groups in total. The van der Waals surface area contributed by atoms with E-state index in [1.807, 2.05) is 5.38 Å². The molecule has 7 nitrogen and oxygen atoms in total. The third-order valence-corrected chi connectivity index (χ3v) is 6.31. The summed E-state index contributed by atoms with van der Waals surface area (Å²) in [7, 11) is 1.70. The minimum Gasteiger partial charge on any atom is -0.335 e. The summed E-state index contributed by atoms with van der Waals surface area (Å²) in [6.45, 7) is 0.367. The summed E-state index contributed by atoms with van der Waals surface area (Å²) in [6.07, 6.45) is 1.83. The van der Waals surface area contributed by atoms with E-state index in [1.54, 1.807) is 18.1 Å². The SMILES string of the molecule is CN(Cc1nccs1)C(=O)c1cnn(-c2nccc(-c3ccccc3C(F)(F)F)n2)c1C1CC1. The molecule has 1 aliphatic rings. The Hall–Kier alpha value is -3.60. The topological polar surface area (TPSA) is 76.8 Å². The Morgan fingerprint density at radius 2 is 1.97 bits per heavy atom. The Balaban J connectivity index is 1.52. The first kappa shape index (κ1) is 22.2. The van der Waals surface area contributed by atoms with Gasteiger partial charge in [0.2, 0.25) is 0 Å². The van der Waals surface area contributed by atoms with E-state index in [-0.39, 0.29) is 29.0 Å². The molecule has 0 atom stereocenters. The number of carbonyl (C=O) groups is 1. The molecule has 0 unspecified atom stereocenters. The number of halogens is 3. The molecule has 3 aromatic heterocycles. The first-order valence-corrected chi connectivity index (χ1v) is 11.4. The normalized spacial score (nSPS) is 13.8. The molecule has 0 aliphatic heterocycles. The monoisotopic (exact) mass is 484 g/mol. The Kier molecular flexibility index (Phi) is 5.64. The van der Waals surface area contributed by atoms with Gasteiger partial charge in [-0.3, -0.25) is 4.79 Å². The van der Waals surface area contributed by atoms with Gasteiger partial charge in [0.05, 0.1) is 35.3 Å². The van der Waals surface area contributed by atoms with Crippen LogP contribution in [0, 0.1) is 0 Å². The highest BCUT2D eigenvalue weighted by molar-refractivity contribution is 7.09. The summed E-state index contributed by atoms with van der Waals surface area (Å²) < 4.78 is 42.1. The van der Waals surface area contributed by atoms with Crippen LogP contribution < -0.4 is 0 Å². The van der Waals surface area contributed by atoms with Crippen LogP contribution in [0.1, 0.15) is 45.4 Å². The minimum atomic E-state index is -4.52. The van der Waals surface area contributed by atoms with Crippen LogP contribution in [0.2, 0.25) is 0 Å². The van der Waals surface area contributed by atoms with Gasteiger partial charge in [-0.1, -0.05) is 18.2 Å². The first-order chi connectivity index (χ1) is 16.3. The Morgan fingerprint density at radius 3 is 2.68 bits per heavy atom. The maximum absolute atomic E-state index is 13.5. The van der Waals surface area contributed by atoms with E-state index in [4.69, 9.17) is 0 Å². The molecular weight excluding hydrogens is 465 g/mol. The molecule has 1 aromatic carbocycles. The third-order valence-electron chi connectivity index (χ3n) is 5.54. The van der Waals surface area contributed by atoms with Crippen LogP contribution in [0.15, 0.2) is 54.3 Å². The van der Waals surface area contributed by atoms with E-state index in [1.165, 1.54) is 52.7 Å². The van der Waals surface area contributed by atoms with Crippen LogP contribution in [0.25, 0.3) is 17.2 Å². The van der Waals surface area contributed by atoms with Crippen molar-refractivity contribution in [1.29, 1.82) is 0 Å². The summed E-state index contributed by atoms with van der Waals surface area (Å²) in [6, 6.07) is 6.71. The van der Waals surface area contributed by atoms with Crippen LogP contribution in [-0.2, 0) is 12.7 Å². The van der Waals surface area contributed by atoms with Crippen LogP contribution in [0.3, 0.4) is 0 Å². The average Bonchev–Trinajstić information content (AvgIpc) is 3.35. The molecular formula is C23H19F3N6OS. The van der Waals surface area contributed by atoms with Crippen LogP contribution in [-0.4, -0.2) is 42.6 Å². The van der Waals surface area contributed by atoms with Gasteiger partial charge in [0.1, 0.15) is 5.01 Å². The van der Waals surface area contributed by atoms with Gasteiger partial charge in [0.15, 0.2) is 0 Å². The average molecular weight is 485 g/mol. The van der Waals surface area contributed by atoms with Crippen LogP contribution in [0.4, 0.5) is 13.2 Å². The number of hydrogen-bond donors (Lipinski definition) is 0. The van der Waals surface area contributed by atoms with Crippen molar-refractivity contribution >= 4 is 17.2 Å². The quantitative estimate of drug-likeness (QED) is 0.387. The van der Waals surface area contributed by atoms with Crippen molar-refractivity contribution in [2.24, 2.45) is 0 Å². The fraction of sp³-hybridized carbons (Fsp3) is 0.261. The Labute approximate surface area is 196 Å². The molecule has 11 heteroatoms. The molecule has 0 spiro atoms. The lowest BCUT2D eigenvalue weighted by molar-refractivity contribution is -0.137. The highest BCUT2D eigenvalue weighted by Crippen LogP contribution is 2.43. The van der Waals surface area contributed by atoms with Gasteiger partial charge in [-0.15, -0.1) is 11.3 Å². The lowest BCUT2D eigenvalue weighted by Crippen LogP contribution is -2.27. The number of hydrogen-bond acceptors (Lipinski definition) is 6. The van der Waals surface area contributed by atoms with E-state index in [2.05, 4.69) is 20.1 Å².